The zero-order valence-electron chi connectivity index (χ0n) is 8.01. The Morgan fingerprint density at radius 1 is 1.40 bits per heavy atom. The average molecular weight is 221 g/mol. The summed E-state index contributed by atoms with van der Waals surface area (Å²) < 4.78 is 41.2. The smallest absolute Gasteiger partial charge is 0.339 e. The van der Waals surface area contributed by atoms with Crippen LogP contribution < -0.4 is 5.32 Å². The molecule has 0 bridgehead atoms. The molecule has 0 spiro atoms. The van der Waals surface area contributed by atoms with Crippen LogP contribution in [0.3, 0.4) is 0 Å². The first kappa shape index (κ1) is 10.4. The fraction of sp³-hybridized carbons (Fsp3) is 0.750. The van der Waals surface area contributed by atoms with E-state index in [1.54, 1.807) is 0 Å². The summed E-state index contributed by atoms with van der Waals surface area (Å²) in [6.45, 7) is 3.27. The molecule has 0 radical (unpaired) electrons. The van der Waals surface area contributed by atoms with Gasteiger partial charge in [-0.1, -0.05) is 12.1 Å². The standard InChI is InChI=1S/C8H10F3N3O/c1-4-2-12-3-5(4)6-13-7(14-15-6)8(9,10)11/h4-5,12H,2-3H2,1H3. The molecule has 2 heterocycles. The van der Waals surface area contributed by atoms with Crippen molar-refractivity contribution in [2.75, 3.05) is 13.1 Å². The van der Waals surface area contributed by atoms with Crippen molar-refractivity contribution in [1.29, 1.82) is 0 Å². The zero-order chi connectivity index (χ0) is 11.1. The van der Waals surface area contributed by atoms with E-state index in [1.807, 2.05) is 6.92 Å². The molecule has 1 aliphatic rings. The molecule has 84 valence electrons. The summed E-state index contributed by atoms with van der Waals surface area (Å²) in [5, 5.41) is 5.99. The van der Waals surface area contributed by atoms with Crippen LogP contribution in [0, 0.1) is 5.92 Å². The first-order valence-electron chi connectivity index (χ1n) is 4.60. The van der Waals surface area contributed by atoms with E-state index in [0.29, 0.717) is 6.54 Å². The van der Waals surface area contributed by atoms with Crippen molar-refractivity contribution in [2.24, 2.45) is 5.92 Å². The van der Waals surface area contributed by atoms with Gasteiger partial charge in [-0.15, -0.1) is 0 Å². The molecule has 0 amide bonds. The number of rotatable bonds is 1. The third-order valence-corrected chi connectivity index (χ3v) is 2.53. The maximum absolute atomic E-state index is 12.2. The molecule has 0 aromatic carbocycles. The molecular weight excluding hydrogens is 211 g/mol. The summed E-state index contributed by atoms with van der Waals surface area (Å²) >= 11 is 0. The second kappa shape index (κ2) is 3.48. The lowest BCUT2D eigenvalue weighted by Gasteiger charge is -2.07. The van der Waals surface area contributed by atoms with Gasteiger partial charge >= 0.3 is 6.18 Å². The van der Waals surface area contributed by atoms with Crippen LogP contribution in [-0.2, 0) is 6.18 Å². The van der Waals surface area contributed by atoms with E-state index >= 15 is 0 Å². The molecule has 1 aromatic heterocycles. The Bertz CT molecular complexity index is 349. The van der Waals surface area contributed by atoms with Gasteiger partial charge in [-0.05, 0) is 12.5 Å². The minimum Gasteiger partial charge on any atom is -0.339 e. The molecule has 1 N–H and O–H groups in total. The van der Waals surface area contributed by atoms with Gasteiger partial charge in [0.15, 0.2) is 0 Å². The van der Waals surface area contributed by atoms with Gasteiger partial charge < -0.3 is 9.84 Å². The minimum atomic E-state index is -4.53. The van der Waals surface area contributed by atoms with E-state index < -0.39 is 12.0 Å². The number of hydrogen-bond donors (Lipinski definition) is 1. The van der Waals surface area contributed by atoms with Crippen molar-refractivity contribution in [3.8, 4) is 0 Å². The predicted octanol–water partition coefficient (Wildman–Crippen LogP) is 1.41. The molecule has 0 saturated carbocycles. The molecule has 1 aliphatic heterocycles. The van der Waals surface area contributed by atoms with E-state index in [0.717, 1.165) is 6.54 Å². The van der Waals surface area contributed by atoms with Crippen LogP contribution in [0.2, 0.25) is 0 Å². The summed E-state index contributed by atoms with van der Waals surface area (Å²) in [5.74, 6) is -1.03. The van der Waals surface area contributed by atoms with Crippen molar-refractivity contribution >= 4 is 0 Å². The van der Waals surface area contributed by atoms with E-state index in [4.69, 9.17) is 0 Å². The fourth-order valence-electron chi connectivity index (χ4n) is 1.64. The van der Waals surface area contributed by atoms with Gasteiger partial charge in [-0.25, -0.2) is 0 Å². The second-order valence-corrected chi connectivity index (χ2v) is 3.70. The maximum atomic E-state index is 12.2. The molecule has 1 saturated heterocycles. The third kappa shape index (κ3) is 1.97. The molecule has 15 heavy (non-hydrogen) atoms. The topological polar surface area (TPSA) is 51.0 Å². The van der Waals surface area contributed by atoms with Crippen molar-refractivity contribution in [2.45, 2.75) is 19.0 Å². The van der Waals surface area contributed by atoms with E-state index in [-0.39, 0.29) is 17.7 Å². The SMILES string of the molecule is CC1CNCC1c1nc(C(F)(F)F)no1. The molecule has 4 nitrogen and oxygen atoms in total. The highest BCUT2D eigenvalue weighted by atomic mass is 19.4. The van der Waals surface area contributed by atoms with E-state index in [9.17, 15) is 13.2 Å². The average Bonchev–Trinajstić information content (AvgIpc) is 2.69. The Hall–Kier alpha value is -1.11. The highest BCUT2D eigenvalue weighted by Crippen LogP contribution is 2.30. The Balaban J connectivity index is 2.20. The van der Waals surface area contributed by atoms with Crippen molar-refractivity contribution in [3.63, 3.8) is 0 Å². The number of alkyl halides is 3. The highest BCUT2D eigenvalue weighted by molar-refractivity contribution is 5.02. The van der Waals surface area contributed by atoms with Crippen LogP contribution in [-0.4, -0.2) is 23.2 Å². The Kier molecular flexibility index (Phi) is 2.41. The van der Waals surface area contributed by atoms with Gasteiger partial charge in [-0.2, -0.15) is 18.2 Å². The van der Waals surface area contributed by atoms with Gasteiger partial charge in [0, 0.05) is 6.54 Å². The largest absolute Gasteiger partial charge is 0.455 e. The summed E-state index contributed by atoms with van der Waals surface area (Å²) in [4.78, 5) is 3.37. The first-order chi connectivity index (χ1) is 6.98. The minimum absolute atomic E-state index is 0.0693. The van der Waals surface area contributed by atoms with Crippen LogP contribution >= 0.6 is 0 Å². The van der Waals surface area contributed by atoms with Crippen molar-refractivity contribution < 1.29 is 17.7 Å². The van der Waals surface area contributed by atoms with Crippen LogP contribution in [0.15, 0.2) is 4.52 Å². The zero-order valence-corrected chi connectivity index (χ0v) is 8.01. The van der Waals surface area contributed by atoms with Crippen LogP contribution in [0.4, 0.5) is 13.2 Å². The number of hydrogen-bond acceptors (Lipinski definition) is 4. The van der Waals surface area contributed by atoms with E-state index in [2.05, 4.69) is 20.0 Å². The monoisotopic (exact) mass is 221 g/mol. The number of halogens is 3. The normalized spacial score (nSPS) is 27.2. The maximum Gasteiger partial charge on any atom is 0.455 e. The molecule has 2 atom stereocenters. The van der Waals surface area contributed by atoms with Gasteiger partial charge in [0.25, 0.3) is 5.82 Å². The lowest BCUT2D eigenvalue weighted by atomic mass is 9.98. The van der Waals surface area contributed by atoms with Gasteiger partial charge in [0.2, 0.25) is 5.89 Å². The Morgan fingerprint density at radius 2 is 2.13 bits per heavy atom. The van der Waals surface area contributed by atoms with Crippen LogP contribution in [0.1, 0.15) is 24.6 Å². The first-order valence-corrected chi connectivity index (χ1v) is 4.60. The summed E-state index contributed by atoms with van der Waals surface area (Å²) in [6.07, 6.45) is -4.53. The highest BCUT2D eigenvalue weighted by Gasteiger charge is 2.39. The molecule has 0 aliphatic carbocycles. The number of nitrogens with one attached hydrogen (secondary N) is 1. The Morgan fingerprint density at radius 3 is 2.60 bits per heavy atom. The van der Waals surface area contributed by atoms with E-state index in [1.165, 1.54) is 0 Å². The fourth-order valence-corrected chi connectivity index (χ4v) is 1.64. The lowest BCUT2D eigenvalue weighted by Crippen LogP contribution is -2.10. The molecule has 7 heteroatoms. The predicted molar refractivity (Wildman–Crippen MR) is 44.1 cm³/mol. The summed E-state index contributed by atoms with van der Waals surface area (Å²) in [7, 11) is 0. The van der Waals surface area contributed by atoms with Gasteiger partial charge in [0.1, 0.15) is 0 Å². The molecule has 1 aromatic rings. The van der Waals surface area contributed by atoms with Crippen molar-refractivity contribution in [3.05, 3.63) is 11.7 Å². The molecule has 2 unspecified atom stereocenters. The molecule has 2 rings (SSSR count). The van der Waals surface area contributed by atoms with Crippen LogP contribution in [0.25, 0.3) is 0 Å². The third-order valence-electron chi connectivity index (χ3n) is 2.53. The number of nitrogens with zero attached hydrogens (tertiary/aromatic N) is 2. The molecular formula is C8H10F3N3O. The quantitative estimate of drug-likeness (QED) is 0.779. The molecule has 1 fully saturated rings. The number of aromatic nitrogens is 2. The Labute approximate surface area is 83.8 Å². The van der Waals surface area contributed by atoms with Crippen LogP contribution in [0.5, 0.6) is 0 Å². The lowest BCUT2D eigenvalue weighted by molar-refractivity contribution is -0.146. The second-order valence-electron chi connectivity index (χ2n) is 3.70. The van der Waals surface area contributed by atoms with Crippen molar-refractivity contribution in [1.82, 2.24) is 15.5 Å². The summed E-state index contributed by atoms with van der Waals surface area (Å²) in [6, 6.07) is 0. The van der Waals surface area contributed by atoms with Gasteiger partial charge in [0.05, 0.1) is 5.92 Å². The summed E-state index contributed by atoms with van der Waals surface area (Å²) in [5.41, 5.74) is 0. The van der Waals surface area contributed by atoms with Gasteiger partial charge in [-0.3, -0.25) is 0 Å².